The van der Waals surface area contributed by atoms with E-state index in [1.54, 1.807) is 11.5 Å². The van der Waals surface area contributed by atoms with E-state index in [1.807, 2.05) is 44.2 Å². The zero-order valence-electron chi connectivity index (χ0n) is 12.6. The van der Waals surface area contributed by atoms with E-state index in [2.05, 4.69) is 4.98 Å². The van der Waals surface area contributed by atoms with Gasteiger partial charge in [0.2, 0.25) is 5.88 Å². The highest BCUT2D eigenvalue weighted by Gasteiger charge is 2.20. The Morgan fingerprint density at radius 1 is 1.29 bits per heavy atom. The van der Waals surface area contributed by atoms with E-state index in [0.29, 0.717) is 12.4 Å². The number of hydrogen-bond acceptors (Lipinski definition) is 4. The molecule has 0 saturated heterocycles. The Hall–Kier alpha value is -2.14. The number of aromatic hydroxyl groups is 1. The molecule has 1 aromatic heterocycles. The Labute approximate surface area is 124 Å². The first kappa shape index (κ1) is 15.3. The number of nitrogens with zero attached hydrogens (tertiary/aromatic N) is 2. The summed E-state index contributed by atoms with van der Waals surface area (Å²) >= 11 is 0. The molecule has 0 aliphatic carbocycles. The van der Waals surface area contributed by atoms with Crippen molar-refractivity contribution in [1.29, 1.82) is 0 Å². The molecule has 3 N–H and O–H groups in total. The van der Waals surface area contributed by atoms with E-state index in [4.69, 9.17) is 5.73 Å². The predicted octanol–water partition coefficient (Wildman–Crippen LogP) is 1.96. The van der Waals surface area contributed by atoms with Crippen LogP contribution in [0.25, 0.3) is 0 Å². The minimum atomic E-state index is -0.409. The third-order valence-corrected chi connectivity index (χ3v) is 3.60. The number of nitrogens with two attached hydrogens (primary N) is 1. The molecule has 1 heterocycles. The second-order valence-electron chi connectivity index (χ2n) is 5.57. The summed E-state index contributed by atoms with van der Waals surface area (Å²) in [6, 6.07) is 9.24. The molecule has 0 fully saturated rings. The molecule has 112 valence electrons. The fourth-order valence-electron chi connectivity index (χ4n) is 2.13. The van der Waals surface area contributed by atoms with Crippen molar-refractivity contribution in [2.45, 2.75) is 33.4 Å². The highest BCUT2D eigenvalue weighted by atomic mass is 16.3. The Morgan fingerprint density at radius 3 is 2.48 bits per heavy atom. The average molecular weight is 287 g/mol. The molecule has 1 aromatic carbocycles. The van der Waals surface area contributed by atoms with Gasteiger partial charge in [-0.3, -0.25) is 9.36 Å². The lowest BCUT2D eigenvalue weighted by Crippen LogP contribution is -2.33. The van der Waals surface area contributed by atoms with Crippen LogP contribution in [-0.2, 0) is 6.54 Å². The van der Waals surface area contributed by atoms with E-state index >= 15 is 0 Å². The number of benzene rings is 1. The van der Waals surface area contributed by atoms with Gasteiger partial charge in [0.05, 0.1) is 18.2 Å². The summed E-state index contributed by atoms with van der Waals surface area (Å²) < 4.78 is 1.55. The first-order valence-electron chi connectivity index (χ1n) is 7.01. The maximum Gasteiger partial charge on any atom is 0.260 e. The van der Waals surface area contributed by atoms with Gasteiger partial charge in [-0.25, -0.2) is 0 Å². The minimum absolute atomic E-state index is 0.112. The lowest BCUT2D eigenvalue weighted by molar-refractivity contribution is 0.410. The van der Waals surface area contributed by atoms with Crippen LogP contribution in [0.2, 0.25) is 0 Å². The highest BCUT2D eigenvalue weighted by molar-refractivity contribution is 5.24. The van der Waals surface area contributed by atoms with Crippen LogP contribution < -0.4 is 11.3 Å². The van der Waals surface area contributed by atoms with Gasteiger partial charge in [0.25, 0.3) is 5.56 Å². The normalized spacial score (nSPS) is 12.6. The lowest BCUT2D eigenvalue weighted by atomic mass is 10.0. The maximum atomic E-state index is 12.4. The molecule has 0 bridgehead atoms. The maximum absolute atomic E-state index is 12.4. The van der Waals surface area contributed by atoms with Crippen LogP contribution in [0, 0.1) is 12.8 Å². The Kier molecular flexibility index (Phi) is 4.43. The Morgan fingerprint density at radius 2 is 1.90 bits per heavy atom. The van der Waals surface area contributed by atoms with Crippen molar-refractivity contribution < 1.29 is 5.11 Å². The van der Waals surface area contributed by atoms with Crippen molar-refractivity contribution in [3.05, 3.63) is 57.6 Å². The molecular weight excluding hydrogens is 266 g/mol. The van der Waals surface area contributed by atoms with Crippen molar-refractivity contribution in [3.8, 4) is 5.88 Å². The molecule has 21 heavy (non-hydrogen) atoms. The summed E-state index contributed by atoms with van der Waals surface area (Å²) in [5.41, 5.74) is 7.13. The fraction of sp³-hybridized carbons (Fsp3) is 0.375. The number of aromatic nitrogens is 2. The van der Waals surface area contributed by atoms with Crippen LogP contribution in [-0.4, -0.2) is 14.7 Å². The summed E-state index contributed by atoms with van der Waals surface area (Å²) in [6.45, 7) is 5.88. The van der Waals surface area contributed by atoms with Crippen LogP contribution in [0.4, 0.5) is 0 Å². The van der Waals surface area contributed by atoms with Gasteiger partial charge < -0.3 is 10.8 Å². The third-order valence-electron chi connectivity index (χ3n) is 3.60. The van der Waals surface area contributed by atoms with Gasteiger partial charge in [0.15, 0.2) is 0 Å². The minimum Gasteiger partial charge on any atom is -0.493 e. The molecule has 0 radical (unpaired) electrons. The van der Waals surface area contributed by atoms with E-state index in [9.17, 15) is 9.90 Å². The predicted molar refractivity (Wildman–Crippen MR) is 82.2 cm³/mol. The molecule has 2 aromatic rings. The van der Waals surface area contributed by atoms with Crippen LogP contribution >= 0.6 is 0 Å². The summed E-state index contributed by atoms with van der Waals surface area (Å²) in [5, 5.41) is 9.82. The topological polar surface area (TPSA) is 81.1 Å². The molecule has 1 unspecified atom stereocenters. The van der Waals surface area contributed by atoms with Gasteiger partial charge in [-0.1, -0.05) is 44.2 Å². The standard InChI is InChI=1S/C16H21N3O2/c1-10(2)13(17)14-18-15(20)11(3)16(21)19(14)9-12-7-5-4-6-8-12/h4-8,10,13,20H,9,17H2,1-3H3. The monoisotopic (exact) mass is 287 g/mol. The molecule has 0 amide bonds. The van der Waals surface area contributed by atoms with E-state index in [0.717, 1.165) is 5.56 Å². The second-order valence-corrected chi connectivity index (χ2v) is 5.57. The highest BCUT2D eigenvalue weighted by Crippen LogP contribution is 2.20. The molecular formula is C16H21N3O2. The molecule has 5 heteroatoms. The summed E-state index contributed by atoms with van der Waals surface area (Å²) in [6.07, 6.45) is 0. The Balaban J connectivity index is 2.57. The van der Waals surface area contributed by atoms with Gasteiger partial charge >= 0.3 is 0 Å². The van der Waals surface area contributed by atoms with Crippen LogP contribution in [0.3, 0.4) is 0 Å². The van der Waals surface area contributed by atoms with Crippen LogP contribution in [0.5, 0.6) is 5.88 Å². The molecule has 5 nitrogen and oxygen atoms in total. The van der Waals surface area contributed by atoms with Gasteiger partial charge in [-0.05, 0) is 18.4 Å². The molecule has 2 rings (SSSR count). The SMILES string of the molecule is Cc1c(O)nc(C(N)C(C)C)n(Cc2ccccc2)c1=O. The molecule has 0 spiro atoms. The number of hydrogen-bond donors (Lipinski definition) is 2. The summed E-state index contributed by atoms with van der Waals surface area (Å²) in [5.74, 6) is 0.290. The molecule has 0 saturated carbocycles. The van der Waals surface area contributed by atoms with E-state index < -0.39 is 6.04 Å². The van der Waals surface area contributed by atoms with E-state index in [-0.39, 0.29) is 22.9 Å². The lowest BCUT2D eigenvalue weighted by Gasteiger charge is -2.21. The van der Waals surface area contributed by atoms with Crippen molar-refractivity contribution >= 4 is 0 Å². The smallest absolute Gasteiger partial charge is 0.260 e. The number of rotatable bonds is 4. The van der Waals surface area contributed by atoms with Crippen molar-refractivity contribution in [2.75, 3.05) is 0 Å². The molecule has 0 aliphatic rings. The Bertz CT molecular complexity index is 678. The van der Waals surface area contributed by atoms with Crippen molar-refractivity contribution in [2.24, 2.45) is 11.7 Å². The van der Waals surface area contributed by atoms with Gasteiger partial charge in [0.1, 0.15) is 5.82 Å². The quantitative estimate of drug-likeness (QED) is 0.900. The zero-order valence-corrected chi connectivity index (χ0v) is 12.6. The molecule has 1 atom stereocenters. The van der Waals surface area contributed by atoms with E-state index in [1.165, 1.54) is 0 Å². The fourth-order valence-corrected chi connectivity index (χ4v) is 2.13. The zero-order chi connectivity index (χ0) is 15.6. The first-order chi connectivity index (χ1) is 9.91. The first-order valence-corrected chi connectivity index (χ1v) is 7.01. The summed E-state index contributed by atoms with van der Waals surface area (Å²) in [4.78, 5) is 16.6. The van der Waals surface area contributed by atoms with Crippen LogP contribution in [0.1, 0.15) is 36.8 Å². The molecule has 0 aliphatic heterocycles. The van der Waals surface area contributed by atoms with Gasteiger partial charge in [0, 0.05) is 0 Å². The van der Waals surface area contributed by atoms with Crippen LogP contribution in [0.15, 0.2) is 35.1 Å². The second kappa shape index (κ2) is 6.10. The summed E-state index contributed by atoms with van der Waals surface area (Å²) in [7, 11) is 0. The third kappa shape index (κ3) is 3.13. The van der Waals surface area contributed by atoms with Gasteiger partial charge in [-0.2, -0.15) is 4.98 Å². The van der Waals surface area contributed by atoms with Crippen molar-refractivity contribution in [1.82, 2.24) is 9.55 Å². The average Bonchev–Trinajstić information content (AvgIpc) is 2.48. The van der Waals surface area contributed by atoms with Gasteiger partial charge in [-0.15, -0.1) is 0 Å². The largest absolute Gasteiger partial charge is 0.493 e. The van der Waals surface area contributed by atoms with Crippen molar-refractivity contribution in [3.63, 3.8) is 0 Å².